The van der Waals surface area contributed by atoms with Gasteiger partial charge in [0.05, 0.1) is 0 Å². The minimum atomic E-state index is -2.49. The fourth-order valence-electron chi connectivity index (χ4n) is 0.487. The number of carboxylic acids is 2. The molecule has 0 saturated heterocycles. The van der Waals surface area contributed by atoms with Crippen LogP contribution in [0.3, 0.4) is 0 Å². The lowest BCUT2D eigenvalue weighted by atomic mass is 10.4. The van der Waals surface area contributed by atoms with E-state index in [4.69, 9.17) is 23.9 Å². The van der Waals surface area contributed by atoms with Crippen LogP contribution in [0.25, 0.3) is 0 Å². The number of hydrogen-bond donors (Lipinski definition) is 3. The summed E-state index contributed by atoms with van der Waals surface area (Å²) < 4.78 is 20.3. The zero-order valence-corrected chi connectivity index (χ0v) is 7.75. The van der Waals surface area contributed by atoms with Crippen molar-refractivity contribution in [3.8, 4) is 0 Å². The van der Waals surface area contributed by atoms with Gasteiger partial charge in [-0.2, -0.15) is 5.10 Å². The van der Waals surface area contributed by atoms with E-state index in [2.05, 4.69) is 10.2 Å². The molecule has 1 heterocycles. The zero-order chi connectivity index (χ0) is 15.1. The van der Waals surface area contributed by atoms with Crippen LogP contribution >= 0.6 is 0 Å². The molecule has 86 valence electrons. The maximum Gasteiger partial charge on any atom is 0.414 e. The van der Waals surface area contributed by atoms with E-state index in [9.17, 15) is 4.79 Å². The van der Waals surface area contributed by atoms with Crippen LogP contribution in [-0.4, -0.2) is 45.2 Å². The Balaban J connectivity index is 0.000000459. The van der Waals surface area contributed by atoms with Gasteiger partial charge in [0.25, 0.3) is 5.91 Å². The number of amides is 1. The summed E-state index contributed by atoms with van der Waals surface area (Å²) >= 11 is 0. The summed E-state index contributed by atoms with van der Waals surface area (Å²) in [5.74, 6) is -4.40. The van der Waals surface area contributed by atoms with Crippen molar-refractivity contribution in [2.75, 3.05) is 6.98 Å². The zero-order valence-electron chi connectivity index (χ0n) is 10.7. The molecule has 0 aliphatic rings. The quantitative estimate of drug-likeness (QED) is 0.527. The lowest BCUT2D eigenvalue weighted by Crippen LogP contribution is -2.19. The van der Waals surface area contributed by atoms with Crippen molar-refractivity contribution < 1.29 is 28.7 Å². The van der Waals surface area contributed by atoms with Crippen molar-refractivity contribution >= 4 is 17.8 Å². The minimum absolute atomic E-state index is 0.0152. The maximum absolute atomic E-state index is 11.1. The molecule has 0 atom stereocenters. The highest BCUT2D eigenvalue weighted by Crippen LogP contribution is 1.88. The highest BCUT2D eigenvalue weighted by Gasteiger charge is 2.04. The maximum atomic E-state index is 11.1. The molecule has 0 bridgehead atoms. The molecule has 0 unspecified atom stereocenters. The van der Waals surface area contributed by atoms with Crippen molar-refractivity contribution in [3.05, 3.63) is 24.0 Å². The fraction of sp³-hybridized carbons (Fsp3) is 0.125. The topological polar surface area (TPSA) is 129 Å². The number of carbonyl (C=O) groups excluding carboxylic acids is 1. The molecule has 8 nitrogen and oxygen atoms in total. The Bertz CT molecular complexity index is 450. The Kier molecular flexibility index (Phi) is 3.77. The van der Waals surface area contributed by atoms with Gasteiger partial charge in [-0.1, -0.05) is 0 Å². The van der Waals surface area contributed by atoms with Gasteiger partial charge in [0.1, 0.15) is 0 Å². The van der Waals surface area contributed by atoms with Crippen molar-refractivity contribution in [1.82, 2.24) is 15.5 Å². The second-order valence-electron chi connectivity index (χ2n) is 2.17. The van der Waals surface area contributed by atoms with Gasteiger partial charge < -0.3 is 15.5 Å². The van der Waals surface area contributed by atoms with E-state index in [1.165, 1.54) is 18.3 Å². The molecule has 8 heteroatoms. The highest BCUT2D eigenvalue weighted by atomic mass is 16.4. The first-order valence-corrected chi connectivity index (χ1v) is 3.70. The van der Waals surface area contributed by atoms with Gasteiger partial charge >= 0.3 is 11.9 Å². The fourth-order valence-corrected chi connectivity index (χ4v) is 0.487. The van der Waals surface area contributed by atoms with Crippen LogP contribution in [0.4, 0.5) is 0 Å². The summed E-state index contributed by atoms with van der Waals surface area (Å²) in [6, 6.07) is 2.88. The average Bonchev–Trinajstić information content (AvgIpc) is 2.28. The highest BCUT2D eigenvalue weighted by molar-refractivity contribution is 6.27. The predicted molar refractivity (Wildman–Crippen MR) is 50.7 cm³/mol. The number of rotatable bonds is 1. The third-order valence-electron chi connectivity index (χ3n) is 1.10. The van der Waals surface area contributed by atoms with Crippen molar-refractivity contribution in [2.24, 2.45) is 0 Å². The molecule has 3 N–H and O–H groups in total. The van der Waals surface area contributed by atoms with Crippen LogP contribution in [-0.2, 0) is 9.59 Å². The van der Waals surface area contributed by atoms with Gasteiger partial charge in [-0.25, -0.2) is 9.59 Å². The molecule has 1 aromatic heterocycles. The van der Waals surface area contributed by atoms with Crippen LogP contribution in [0.5, 0.6) is 0 Å². The standard InChI is InChI=1S/C6H7N3O.C2H2O4/c1-7-6(10)5-3-2-4-8-9-5;3-1(4)2(5)6/h2-4H,1H3,(H,7,10);(H,3,4)(H,5,6)/i1D3;. The lowest BCUT2D eigenvalue weighted by Gasteiger charge is -1.93. The van der Waals surface area contributed by atoms with Crippen LogP contribution in [0.1, 0.15) is 14.6 Å². The van der Waals surface area contributed by atoms with E-state index in [0.717, 1.165) is 0 Å². The summed E-state index contributed by atoms with van der Waals surface area (Å²) in [7, 11) is 0. The molecule has 0 aliphatic heterocycles. The van der Waals surface area contributed by atoms with Crippen LogP contribution < -0.4 is 5.32 Å². The molecule has 0 aromatic carbocycles. The number of aromatic nitrogens is 2. The number of carboxylic acid groups (broad SMARTS) is 2. The molecule has 1 aromatic rings. The number of carbonyl (C=O) groups is 3. The van der Waals surface area contributed by atoms with E-state index in [1.807, 2.05) is 0 Å². The first-order chi connectivity index (χ1) is 8.63. The van der Waals surface area contributed by atoms with Crippen LogP contribution in [0, 0.1) is 0 Å². The first kappa shape index (κ1) is 8.77. The van der Waals surface area contributed by atoms with Gasteiger partial charge in [0.2, 0.25) is 0 Å². The van der Waals surface area contributed by atoms with Gasteiger partial charge in [0, 0.05) is 17.3 Å². The summed E-state index contributed by atoms with van der Waals surface area (Å²) in [5, 5.41) is 23.5. The Morgan fingerprint density at radius 2 is 2.00 bits per heavy atom. The van der Waals surface area contributed by atoms with Crippen LogP contribution in [0.15, 0.2) is 18.3 Å². The van der Waals surface area contributed by atoms with E-state index in [1.54, 1.807) is 5.32 Å². The third kappa shape index (κ3) is 5.27. The van der Waals surface area contributed by atoms with Crippen molar-refractivity contribution in [3.63, 3.8) is 0 Å². The Labute approximate surface area is 94.1 Å². The van der Waals surface area contributed by atoms with Crippen molar-refractivity contribution in [2.45, 2.75) is 0 Å². The van der Waals surface area contributed by atoms with E-state index >= 15 is 0 Å². The average molecular weight is 230 g/mol. The van der Waals surface area contributed by atoms with Gasteiger partial charge in [-0.3, -0.25) is 4.79 Å². The lowest BCUT2D eigenvalue weighted by molar-refractivity contribution is -0.159. The predicted octanol–water partition coefficient (Wildman–Crippen LogP) is -1.01. The van der Waals surface area contributed by atoms with E-state index < -0.39 is 24.8 Å². The largest absolute Gasteiger partial charge is 0.473 e. The molecule has 16 heavy (non-hydrogen) atoms. The van der Waals surface area contributed by atoms with Gasteiger partial charge in [-0.05, 0) is 12.1 Å². The Morgan fingerprint density at radius 1 is 1.38 bits per heavy atom. The molecular weight excluding hydrogens is 218 g/mol. The molecule has 0 fully saturated rings. The smallest absolute Gasteiger partial charge is 0.414 e. The van der Waals surface area contributed by atoms with Crippen LogP contribution in [0.2, 0.25) is 0 Å². The number of nitrogens with one attached hydrogen (secondary N) is 1. The number of hydrogen-bond acceptors (Lipinski definition) is 5. The minimum Gasteiger partial charge on any atom is -0.473 e. The number of nitrogens with zero attached hydrogens (tertiary/aromatic N) is 2. The van der Waals surface area contributed by atoms with E-state index in [-0.39, 0.29) is 5.69 Å². The van der Waals surface area contributed by atoms with Gasteiger partial charge in [-0.15, -0.1) is 5.10 Å². The second kappa shape index (κ2) is 6.87. The first-order valence-electron chi connectivity index (χ1n) is 5.20. The second-order valence-corrected chi connectivity index (χ2v) is 2.17. The monoisotopic (exact) mass is 230 g/mol. The normalized spacial score (nSPS) is 11.9. The molecule has 1 amide bonds. The molecule has 0 radical (unpaired) electrons. The van der Waals surface area contributed by atoms with Crippen molar-refractivity contribution in [1.29, 1.82) is 0 Å². The molecular formula is C8H9N3O5. The van der Waals surface area contributed by atoms with E-state index in [0.29, 0.717) is 0 Å². The summed E-state index contributed by atoms with van der Waals surface area (Å²) in [5.41, 5.74) is -0.0152. The Morgan fingerprint density at radius 3 is 2.38 bits per heavy atom. The summed E-state index contributed by atoms with van der Waals surface area (Å²) in [4.78, 5) is 29.3. The third-order valence-corrected chi connectivity index (χ3v) is 1.10. The SMILES string of the molecule is O=C(O)C(=O)O.[2H]C([2H])([2H])NC(=O)c1cccnn1. The molecule has 0 aliphatic carbocycles. The molecule has 0 saturated carbocycles. The summed E-state index contributed by atoms with van der Waals surface area (Å²) in [6.45, 7) is -2.49. The summed E-state index contributed by atoms with van der Waals surface area (Å²) in [6.07, 6.45) is 1.39. The Hall–Kier alpha value is -2.51. The molecule has 1 rings (SSSR count). The molecule has 0 spiro atoms. The van der Waals surface area contributed by atoms with Gasteiger partial charge in [0.15, 0.2) is 5.69 Å². The number of aliphatic carboxylic acids is 2.